The highest BCUT2D eigenvalue weighted by atomic mass is 79.9. The van der Waals surface area contributed by atoms with E-state index in [0.717, 1.165) is 11.1 Å². The highest BCUT2D eigenvalue weighted by Crippen LogP contribution is 2.25. The molecule has 78 valence electrons. The summed E-state index contributed by atoms with van der Waals surface area (Å²) in [6.07, 6.45) is -2.43. The number of aryl methyl sites for hydroxylation is 1. The summed E-state index contributed by atoms with van der Waals surface area (Å²) in [6, 6.07) is 5.57. The summed E-state index contributed by atoms with van der Waals surface area (Å²) in [5.41, 5.74) is 1.77. The summed E-state index contributed by atoms with van der Waals surface area (Å²) in [5.74, 6) is 0.560. The van der Waals surface area contributed by atoms with Gasteiger partial charge in [0, 0.05) is 10.9 Å². The molecule has 0 unspecified atom stereocenters. The second kappa shape index (κ2) is 5.29. The van der Waals surface area contributed by atoms with Crippen molar-refractivity contribution < 1.29 is 13.5 Å². The molecule has 0 heterocycles. The van der Waals surface area contributed by atoms with Crippen molar-refractivity contribution in [2.24, 2.45) is 0 Å². The van der Waals surface area contributed by atoms with Crippen molar-refractivity contribution in [1.29, 1.82) is 0 Å². The topological polar surface area (TPSA) is 9.23 Å². The molecule has 0 fully saturated rings. The molecule has 0 atom stereocenters. The van der Waals surface area contributed by atoms with Crippen molar-refractivity contribution in [1.82, 2.24) is 0 Å². The number of alkyl halides is 3. The number of hydrogen-bond acceptors (Lipinski definition) is 1. The molecule has 1 aromatic carbocycles. The van der Waals surface area contributed by atoms with Crippen LogP contribution >= 0.6 is 15.9 Å². The van der Waals surface area contributed by atoms with Gasteiger partial charge < -0.3 is 4.74 Å². The van der Waals surface area contributed by atoms with Gasteiger partial charge in [-0.2, -0.15) is 0 Å². The Morgan fingerprint density at radius 1 is 1.43 bits per heavy atom. The fourth-order valence-electron chi connectivity index (χ4n) is 1.17. The first-order chi connectivity index (χ1) is 6.65. The molecule has 0 N–H and O–H groups in total. The number of ether oxygens (including phenoxy) is 1. The minimum atomic E-state index is -2.43. The van der Waals surface area contributed by atoms with Gasteiger partial charge in [0.15, 0.2) is 0 Å². The Morgan fingerprint density at radius 2 is 2.14 bits per heavy atom. The Kier molecular flexibility index (Phi) is 4.32. The fraction of sp³-hybridized carbons (Fsp3) is 0.400. The Morgan fingerprint density at radius 3 is 2.71 bits per heavy atom. The summed E-state index contributed by atoms with van der Waals surface area (Å²) in [6.45, 7) is 1.29. The molecule has 4 heteroatoms. The number of hydrogen-bond donors (Lipinski definition) is 0. The molecule has 0 aliphatic carbocycles. The largest absolute Gasteiger partial charge is 0.487 e. The minimum absolute atomic E-state index is 0.551. The van der Waals surface area contributed by atoms with Gasteiger partial charge in [0.05, 0.1) is 0 Å². The molecule has 0 aromatic heterocycles. The van der Waals surface area contributed by atoms with Crippen LogP contribution in [0.25, 0.3) is 0 Å². The highest BCUT2D eigenvalue weighted by molar-refractivity contribution is 9.08. The Bertz CT molecular complexity index is 302. The van der Waals surface area contributed by atoms with Crippen LogP contribution < -0.4 is 4.74 Å². The maximum absolute atomic E-state index is 12.0. The molecule has 1 aromatic rings. The normalized spacial score (nSPS) is 10.6. The fourth-order valence-corrected chi connectivity index (χ4v) is 1.61. The second-order valence-electron chi connectivity index (χ2n) is 2.90. The maximum Gasteiger partial charge on any atom is 0.272 e. The van der Waals surface area contributed by atoms with E-state index in [2.05, 4.69) is 15.9 Å². The van der Waals surface area contributed by atoms with E-state index < -0.39 is 13.0 Å². The third-order valence-corrected chi connectivity index (χ3v) is 2.40. The first-order valence-corrected chi connectivity index (χ1v) is 5.32. The number of benzene rings is 1. The van der Waals surface area contributed by atoms with Crippen molar-refractivity contribution >= 4 is 15.9 Å². The average molecular weight is 265 g/mol. The van der Waals surface area contributed by atoms with Gasteiger partial charge >= 0.3 is 0 Å². The van der Waals surface area contributed by atoms with E-state index >= 15 is 0 Å². The molecule has 1 nitrogen and oxygen atoms in total. The van der Waals surface area contributed by atoms with Gasteiger partial charge in [0.2, 0.25) is 0 Å². The van der Waals surface area contributed by atoms with Crippen LogP contribution in [0.3, 0.4) is 0 Å². The average Bonchev–Trinajstić information content (AvgIpc) is 2.15. The summed E-state index contributed by atoms with van der Waals surface area (Å²) in [7, 11) is 0. The van der Waals surface area contributed by atoms with Crippen LogP contribution in [0.5, 0.6) is 5.75 Å². The van der Waals surface area contributed by atoms with E-state index in [4.69, 9.17) is 4.74 Å². The molecule has 1 rings (SSSR count). The van der Waals surface area contributed by atoms with Crippen LogP contribution in [0.1, 0.15) is 11.1 Å². The summed E-state index contributed by atoms with van der Waals surface area (Å²) >= 11 is 3.28. The van der Waals surface area contributed by atoms with Crippen LogP contribution in [0.4, 0.5) is 8.78 Å². The molecular formula is C10H11BrF2O. The van der Waals surface area contributed by atoms with Crippen molar-refractivity contribution in [3.63, 3.8) is 0 Å². The van der Waals surface area contributed by atoms with Gasteiger partial charge in [0.25, 0.3) is 6.43 Å². The van der Waals surface area contributed by atoms with E-state index in [-0.39, 0.29) is 0 Å². The van der Waals surface area contributed by atoms with Crippen molar-refractivity contribution in [2.75, 3.05) is 6.61 Å². The third kappa shape index (κ3) is 2.94. The van der Waals surface area contributed by atoms with Crippen molar-refractivity contribution in [2.45, 2.75) is 18.7 Å². The Hall–Kier alpha value is -0.640. The quantitative estimate of drug-likeness (QED) is 0.756. The summed E-state index contributed by atoms with van der Waals surface area (Å²) in [5, 5.41) is 0.604. The Balaban J connectivity index is 2.82. The molecule has 0 saturated carbocycles. The third-order valence-electron chi connectivity index (χ3n) is 1.79. The number of halogens is 3. The lowest BCUT2D eigenvalue weighted by Crippen LogP contribution is -2.09. The molecule has 0 bridgehead atoms. The van der Waals surface area contributed by atoms with Crippen LogP contribution in [-0.4, -0.2) is 13.0 Å². The van der Waals surface area contributed by atoms with E-state index in [1.54, 1.807) is 0 Å². The maximum atomic E-state index is 12.0. The van der Waals surface area contributed by atoms with Crippen LogP contribution in [-0.2, 0) is 5.33 Å². The van der Waals surface area contributed by atoms with Crippen molar-refractivity contribution in [3.8, 4) is 5.75 Å². The lowest BCUT2D eigenvalue weighted by atomic mass is 10.1. The summed E-state index contributed by atoms with van der Waals surface area (Å²) < 4.78 is 28.9. The number of rotatable bonds is 4. The van der Waals surface area contributed by atoms with Crippen molar-refractivity contribution in [3.05, 3.63) is 29.3 Å². The zero-order chi connectivity index (χ0) is 10.6. The molecule has 0 amide bonds. The first-order valence-electron chi connectivity index (χ1n) is 4.20. The molecule has 0 saturated heterocycles. The SMILES string of the molecule is Cc1cccc(CBr)c1OCC(F)F. The summed E-state index contributed by atoms with van der Waals surface area (Å²) in [4.78, 5) is 0. The molecule has 0 aliphatic heterocycles. The van der Waals surface area contributed by atoms with E-state index in [0.29, 0.717) is 11.1 Å². The van der Waals surface area contributed by atoms with Gasteiger partial charge in [0.1, 0.15) is 12.4 Å². The van der Waals surface area contributed by atoms with E-state index in [1.807, 2.05) is 25.1 Å². The predicted molar refractivity (Wildman–Crippen MR) is 55.3 cm³/mol. The van der Waals surface area contributed by atoms with Gasteiger partial charge in [-0.25, -0.2) is 8.78 Å². The molecule has 0 spiro atoms. The van der Waals surface area contributed by atoms with Crippen LogP contribution in [0.15, 0.2) is 18.2 Å². The van der Waals surface area contributed by atoms with E-state index in [9.17, 15) is 8.78 Å². The lowest BCUT2D eigenvalue weighted by molar-refractivity contribution is 0.0812. The zero-order valence-electron chi connectivity index (χ0n) is 7.77. The smallest absolute Gasteiger partial charge is 0.272 e. The first kappa shape index (κ1) is 11.4. The zero-order valence-corrected chi connectivity index (χ0v) is 9.35. The van der Waals surface area contributed by atoms with Gasteiger partial charge in [-0.1, -0.05) is 34.1 Å². The van der Waals surface area contributed by atoms with Crippen LogP contribution in [0.2, 0.25) is 0 Å². The van der Waals surface area contributed by atoms with E-state index in [1.165, 1.54) is 0 Å². The lowest BCUT2D eigenvalue weighted by Gasteiger charge is -2.12. The second-order valence-corrected chi connectivity index (χ2v) is 3.46. The van der Waals surface area contributed by atoms with Gasteiger partial charge in [-0.3, -0.25) is 0 Å². The van der Waals surface area contributed by atoms with Gasteiger partial charge in [-0.15, -0.1) is 0 Å². The molecule has 0 radical (unpaired) electrons. The molecule has 14 heavy (non-hydrogen) atoms. The molecule has 0 aliphatic rings. The Labute approximate surface area is 90.2 Å². The highest BCUT2D eigenvalue weighted by Gasteiger charge is 2.09. The standard InChI is InChI=1S/C10H11BrF2O/c1-7-3-2-4-8(5-11)10(7)14-6-9(12)13/h2-4,9H,5-6H2,1H3. The number of para-hydroxylation sites is 1. The minimum Gasteiger partial charge on any atom is -0.487 e. The molecular weight excluding hydrogens is 254 g/mol. The van der Waals surface area contributed by atoms with Crippen LogP contribution in [0, 0.1) is 6.92 Å². The monoisotopic (exact) mass is 264 g/mol. The predicted octanol–water partition coefficient (Wildman–Crippen LogP) is 3.53. The van der Waals surface area contributed by atoms with Gasteiger partial charge in [-0.05, 0) is 12.5 Å².